The molecular formula is C20H24N2O5. The Kier molecular flexibility index (Phi) is 7.96. The molecule has 7 heteroatoms. The number of carbonyl (C=O) groups excluding carboxylic acids is 1. The number of nitrogens with zero attached hydrogens (tertiary/aromatic N) is 1. The number of hydrogen-bond donors (Lipinski definition) is 1. The zero-order chi connectivity index (χ0) is 19.5. The van der Waals surface area contributed by atoms with E-state index in [9.17, 15) is 4.79 Å². The Balaban J connectivity index is 1.83. The lowest BCUT2D eigenvalue weighted by molar-refractivity contribution is -0.123. The van der Waals surface area contributed by atoms with Crippen LogP contribution >= 0.6 is 0 Å². The van der Waals surface area contributed by atoms with Gasteiger partial charge in [0.15, 0.2) is 18.1 Å². The van der Waals surface area contributed by atoms with Crippen LogP contribution in [0, 0.1) is 0 Å². The molecule has 0 saturated heterocycles. The number of hydrazone groups is 1. The highest BCUT2D eigenvalue weighted by molar-refractivity contribution is 5.83. The third-order valence-electron chi connectivity index (χ3n) is 3.40. The standard InChI is InChI=1S/C20H24N2O5/c1-4-25-16-7-9-17(10-8-16)27-14-20(23)22-21-13-15-6-11-18(24-3)19(12-15)26-5-2/h6-13H,4-5,14H2,1-3H3,(H,22,23)/b21-13-. The van der Waals surface area contributed by atoms with Gasteiger partial charge in [-0.25, -0.2) is 5.43 Å². The first kappa shape index (κ1) is 20.1. The Morgan fingerprint density at radius 2 is 1.63 bits per heavy atom. The summed E-state index contributed by atoms with van der Waals surface area (Å²) in [7, 11) is 1.58. The van der Waals surface area contributed by atoms with Crippen molar-refractivity contribution in [2.75, 3.05) is 26.9 Å². The molecule has 144 valence electrons. The third-order valence-corrected chi connectivity index (χ3v) is 3.40. The molecule has 0 radical (unpaired) electrons. The van der Waals surface area contributed by atoms with Crippen LogP contribution in [-0.2, 0) is 4.79 Å². The molecule has 0 aliphatic carbocycles. The van der Waals surface area contributed by atoms with Gasteiger partial charge in [-0.1, -0.05) is 0 Å². The number of rotatable bonds is 10. The number of nitrogens with one attached hydrogen (secondary N) is 1. The quantitative estimate of drug-likeness (QED) is 0.512. The molecular weight excluding hydrogens is 348 g/mol. The Labute approximate surface area is 158 Å². The van der Waals surface area contributed by atoms with Crippen molar-refractivity contribution in [1.29, 1.82) is 0 Å². The first-order valence-corrected chi connectivity index (χ1v) is 8.64. The van der Waals surface area contributed by atoms with Crippen LogP contribution in [0.1, 0.15) is 19.4 Å². The van der Waals surface area contributed by atoms with Crippen LogP contribution < -0.4 is 24.4 Å². The second-order valence-corrected chi connectivity index (χ2v) is 5.33. The van der Waals surface area contributed by atoms with Gasteiger partial charge in [0, 0.05) is 0 Å². The molecule has 7 nitrogen and oxygen atoms in total. The van der Waals surface area contributed by atoms with E-state index in [0.29, 0.717) is 30.5 Å². The Morgan fingerprint density at radius 3 is 2.26 bits per heavy atom. The van der Waals surface area contributed by atoms with E-state index in [-0.39, 0.29) is 12.5 Å². The SMILES string of the molecule is CCOc1ccc(OCC(=O)N/N=C\c2ccc(OC)c(OCC)c2)cc1. The van der Waals surface area contributed by atoms with E-state index in [4.69, 9.17) is 18.9 Å². The summed E-state index contributed by atoms with van der Waals surface area (Å²) in [4.78, 5) is 11.8. The van der Waals surface area contributed by atoms with Crippen LogP contribution in [0.3, 0.4) is 0 Å². The van der Waals surface area contributed by atoms with Gasteiger partial charge in [0.2, 0.25) is 0 Å². The predicted molar refractivity (Wildman–Crippen MR) is 103 cm³/mol. The van der Waals surface area contributed by atoms with Crippen molar-refractivity contribution < 1.29 is 23.7 Å². The lowest BCUT2D eigenvalue weighted by Crippen LogP contribution is -2.24. The number of hydrogen-bond acceptors (Lipinski definition) is 6. The van der Waals surface area contributed by atoms with Crippen LogP contribution in [-0.4, -0.2) is 39.1 Å². The highest BCUT2D eigenvalue weighted by atomic mass is 16.5. The average molecular weight is 372 g/mol. The second kappa shape index (κ2) is 10.7. The zero-order valence-corrected chi connectivity index (χ0v) is 15.7. The largest absolute Gasteiger partial charge is 0.494 e. The van der Waals surface area contributed by atoms with Crippen molar-refractivity contribution in [3.63, 3.8) is 0 Å². The summed E-state index contributed by atoms with van der Waals surface area (Å²) in [5, 5.41) is 3.93. The lowest BCUT2D eigenvalue weighted by Gasteiger charge is -2.09. The highest BCUT2D eigenvalue weighted by Gasteiger charge is 2.05. The molecule has 27 heavy (non-hydrogen) atoms. The van der Waals surface area contributed by atoms with E-state index >= 15 is 0 Å². The van der Waals surface area contributed by atoms with Gasteiger partial charge in [0.1, 0.15) is 11.5 Å². The molecule has 0 aliphatic rings. The first-order valence-electron chi connectivity index (χ1n) is 8.64. The highest BCUT2D eigenvalue weighted by Crippen LogP contribution is 2.27. The van der Waals surface area contributed by atoms with E-state index in [0.717, 1.165) is 11.3 Å². The fourth-order valence-corrected chi connectivity index (χ4v) is 2.20. The minimum Gasteiger partial charge on any atom is -0.494 e. The van der Waals surface area contributed by atoms with Gasteiger partial charge in [-0.05, 0) is 61.9 Å². The van der Waals surface area contributed by atoms with Gasteiger partial charge in [0.25, 0.3) is 5.91 Å². The molecule has 0 fully saturated rings. The Morgan fingerprint density at radius 1 is 0.963 bits per heavy atom. The molecule has 0 heterocycles. The molecule has 2 rings (SSSR count). The smallest absolute Gasteiger partial charge is 0.277 e. The number of ether oxygens (including phenoxy) is 4. The molecule has 0 unspecified atom stereocenters. The number of amides is 1. The van der Waals surface area contributed by atoms with E-state index in [1.165, 1.54) is 6.21 Å². The molecule has 0 bridgehead atoms. The zero-order valence-electron chi connectivity index (χ0n) is 15.7. The van der Waals surface area contributed by atoms with Gasteiger partial charge in [-0.15, -0.1) is 0 Å². The summed E-state index contributed by atoms with van der Waals surface area (Å²) in [6.07, 6.45) is 1.52. The molecule has 2 aromatic rings. The van der Waals surface area contributed by atoms with E-state index in [1.54, 1.807) is 43.5 Å². The minimum atomic E-state index is -0.362. The molecule has 1 N–H and O–H groups in total. The van der Waals surface area contributed by atoms with Crippen molar-refractivity contribution in [1.82, 2.24) is 5.43 Å². The van der Waals surface area contributed by atoms with Gasteiger partial charge in [0.05, 0.1) is 26.5 Å². The maximum atomic E-state index is 11.8. The maximum absolute atomic E-state index is 11.8. The number of carbonyl (C=O) groups is 1. The number of benzene rings is 2. The molecule has 0 atom stereocenters. The van der Waals surface area contributed by atoms with Crippen LogP contribution in [0.25, 0.3) is 0 Å². The van der Waals surface area contributed by atoms with Gasteiger partial charge >= 0.3 is 0 Å². The molecule has 0 aliphatic heterocycles. The molecule has 0 aromatic heterocycles. The lowest BCUT2D eigenvalue weighted by atomic mass is 10.2. The third kappa shape index (κ3) is 6.54. The monoisotopic (exact) mass is 372 g/mol. The summed E-state index contributed by atoms with van der Waals surface area (Å²) >= 11 is 0. The fraction of sp³-hybridized carbons (Fsp3) is 0.300. The fourth-order valence-electron chi connectivity index (χ4n) is 2.20. The van der Waals surface area contributed by atoms with Crippen molar-refractivity contribution >= 4 is 12.1 Å². The molecule has 2 aromatic carbocycles. The van der Waals surface area contributed by atoms with Crippen molar-refractivity contribution in [3.05, 3.63) is 48.0 Å². The first-order chi connectivity index (χ1) is 13.2. The normalized spacial score (nSPS) is 10.5. The maximum Gasteiger partial charge on any atom is 0.277 e. The summed E-state index contributed by atoms with van der Waals surface area (Å²) in [5.74, 6) is 2.23. The van der Waals surface area contributed by atoms with Gasteiger partial charge in [-0.3, -0.25) is 4.79 Å². The molecule has 0 spiro atoms. The Bertz CT molecular complexity index is 759. The van der Waals surface area contributed by atoms with Crippen LogP contribution in [0.15, 0.2) is 47.6 Å². The van der Waals surface area contributed by atoms with Crippen LogP contribution in [0.2, 0.25) is 0 Å². The van der Waals surface area contributed by atoms with Crippen molar-refractivity contribution in [2.24, 2.45) is 5.10 Å². The summed E-state index contributed by atoms with van der Waals surface area (Å²) in [6.45, 7) is 4.79. The second-order valence-electron chi connectivity index (χ2n) is 5.33. The Hall–Kier alpha value is -3.22. The average Bonchev–Trinajstić information content (AvgIpc) is 2.68. The van der Waals surface area contributed by atoms with E-state index < -0.39 is 0 Å². The molecule has 0 saturated carbocycles. The minimum absolute atomic E-state index is 0.141. The summed E-state index contributed by atoms with van der Waals surface area (Å²) < 4.78 is 21.5. The van der Waals surface area contributed by atoms with Crippen LogP contribution in [0.4, 0.5) is 0 Å². The van der Waals surface area contributed by atoms with Crippen molar-refractivity contribution in [2.45, 2.75) is 13.8 Å². The van der Waals surface area contributed by atoms with Gasteiger partial charge in [-0.2, -0.15) is 5.10 Å². The van der Waals surface area contributed by atoms with E-state index in [2.05, 4.69) is 10.5 Å². The topological polar surface area (TPSA) is 78.4 Å². The molecule has 1 amide bonds. The number of methoxy groups -OCH3 is 1. The van der Waals surface area contributed by atoms with Gasteiger partial charge < -0.3 is 18.9 Å². The van der Waals surface area contributed by atoms with Crippen LogP contribution in [0.5, 0.6) is 23.0 Å². The van der Waals surface area contributed by atoms with E-state index in [1.807, 2.05) is 19.9 Å². The predicted octanol–water partition coefficient (Wildman–Crippen LogP) is 3.02. The summed E-state index contributed by atoms with van der Waals surface area (Å²) in [5.41, 5.74) is 3.19. The van der Waals surface area contributed by atoms with Crippen molar-refractivity contribution in [3.8, 4) is 23.0 Å². The summed E-state index contributed by atoms with van der Waals surface area (Å²) in [6, 6.07) is 12.4.